The molecule has 0 aliphatic rings. The highest BCUT2D eigenvalue weighted by Gasteiger charge is 2.36. The molecule has 18 heavy (non-hydrogen) atoms. The van der Waals surface area contributed by atoms with Gasteiger partial charge < -0.3 is 5.11 Å². The van der Waals surface area contributed by atoms with Crippen molar-refractivity contribution in [1.29, 1.82) is 0 Å². The number of aliphatic hydroxyl groups is 1. The molecule has 0 amide bonds. The van der Waals surface area contributed by atoms with E-state index in [2.05, 4.69) is 14.6 Å². The molecule has 0 aliphatic carbocycles. The molecule has 0 saturated heterocycles. The van der Waals surface area contributed by atoms with Crippen molar-refractivity contribution in [3.8, 4) is 0 Å². The van der Waals surface area contributed by atoms with Gasteiger partial charge in [0.2, 0.25) is 0 Å². The van der Waals surface area contributed by atoms with Crippen molar-refractivity contribution in [2.24, 2.45) is 0 Å². The summed E-state index contributed by atoms with van der Waals surface area (Å²) in [5.74, 6) is 0. The lowest BCUT2D eigenvalue weighted by Gasteiger charge is -2.15. The first-order valence-electron chi connectivity index (χ1n) is 4.89. The monoisotopic (exact) mass is 275 g/mol. The molecule has 8 heteroatoms. The Hall–Kier alpha value is -1.54. The van der Waals surface area contributed by atoms with Crippen molar-refractivity contribution in [1.82, 2.24) is 14.6 Å². The van der Waals surface area contributed by atoms with Crippen molar-refractivity contribution in [2.45, 2.75) is 19.2 Å². The predicted molar refractivity (Wildman–Crippen MR) is 57.9 cm³/mol. The fourth-order valence-corrected chi connectivity index (χ4v) is 2.16. The summed E-state index contributed by atoms with van der Waals surface area (Å²) < 4.78 is 41.9. The second-order valence-corrected chi connectivity index (χ2v) is 4.37. The molecule has 2 aromatic rings. The number of nitrogens with zero attached hydrogens (tertiary/aromatic N) is 3. The largest absolute Gasteiger partial charge is 0.416 e. The molecule has 0 saturated carbocycles. The van der Waals surface area contributed by atoms with Crippen LogP contribution in [0.4, 0.5) is 13.2 Å². The number of rotatable bonds is 2. The van der Waals surface area contributed by atoms with Crippen LogP contribution in [0.3, 0.4) is 0 Å². The van der Waals surface area contributed by atoms with Gasteiger partial charge in [0.25, 0.3) is 0 Å². The lowest BCUT2D eigenvalue weighted by Crippen LogP contribution is -2.13. The second-order valence-electron chi connectivity index (χ2n) is 3.59. The first-order chi connectivity index (χ1) is 8.41. The van der Waals surface area contributed by atoms with Crippen molar-refractivity contribution >= 4 is 11.5 Å². The standard InChI is InChI=1S/C10H8F3N3OS/c1-5-9(18-16-15-5)8(17)6-4-14-3-2-7(6)10(11,12)13/h2-4,8,17H,1H3. The molecule has 0 bridgehead atoms. The summed E-state index contributed by atoms with van der Waals surface area (Å²) in [4.78, 5) is 3.91. The minimum atomic E-state index is -4.54. The average Bonchev–Trinajstić information content (AvgIpc) is 2.73. The second kappa shape index (κ2) is 4.62. The highest BCUT2D eigenvalue weighted by molar-refractivity contribution is 7.05. The van der Waals surface area contributed by atoms with Gasteiger partial charge in [-0.15, -0.1) is 5.10 Å². The van der Waals surface area contributed by atoms with Gasteiger partial charge in [0.05, 0.1) is 16.1 Å². The Morgan fingerprint density at radius 3 is 2.67 bits per heavy atom. The molecule has 0 radical (unpaired) electrons. The van der Waals surface area contributed by atoms with Gasteiger partial charge in [0.15, 0.2) is 0 Å². The van der Waals surface area contributed by atoms with Crippen LogP contribution in [-0.2, 0) is 6.18 Å². The fraction of sp³-hybridized carbons (Fsp3) is 0.300. The quantitative estimate of drug-likeness (QED) is 0.914. The summed E-state index contributed by atoms with van der Waals surface area (Å²) in [6.07, 6.45) is -3.91. The minimum Gasteiger partial charge on any atom is -0.383 e. The molecule has 1 unspecified atom stereocenters. The molecular weight excluding hydrogens is 267 g/mol. The normalized spacial score (nSPS) is 13.6. The molecule has 2 rings (SSSR count). The van der Waals surface area contributed by atoms with Crippen molar-refractivity contribution < 1.29 is 18.3 Å². The number of halogens is 3. The number of aliphatic hydroxyl groups excluding tert-OH is 1. The summed E-state index contributed by atoms with van der Waals surface area (Å²) in [5, 5.41) is 13.7. The topological polar surface area (TPSA) is 58.9 Å². The molecule has 2 aromatic heterocycles. The molecule has 0 fully saturated rings. The van der Waals surface area contributed by atoms with Gasteiger partial charge in [-0.25, -0.2) is 0 Å². The first kappa shape index (κ1) is 12.9. The van der Waals surface area contributed by atoms with E-state index in [0.717, 1.165) is 30.0 Å². The molecule has 1 atom stereocenters. The van der Waals surface area contributed by atoms with Crippen molar-refractivity contribution in [3.63, 3.8) is 0 Å². The number of pyridine rings is 1. The van der Waals surface area contributed by atoms with Crippen LogP contribution in [0.2, 0.25) is 0 Å². The Labute approximate surface area is 104 Å². The predicted octanol–water partition coefficient (Wildman–Crippen LogP) is 2.34. The van der Waals surface area contributed by atoms with Gasteiger partial charge in [-0.1, -0.05) is 4.49 Å². The highest BCUT2D eigenvalue weighted by atomic mass is 32.1. The summed E-state index contributed by atoms with van der Waals surface area (Å²) in [6, 6.07) is 0.836. The lowest BCUT2D eigenvalue weighted by molar-refractivity contribution is -0.139. The molecule has 0 spiro atoms. The van der Waals surface area contributed by atoms with Crippen LogP contribution in [0.25, 0.3) is 0 Å². The first-order valence-corrected chi connectivity index (χ1v) is 5.66. The van der Waals surface area contributed by atoms with Gasteiger partial charge in [-0.3, -0.25) is 4.98 Å². The summed E-state index contributed by atoms with van der Waals surface area (Å²) >= 11 is 0.866. The van der Waals surface area contributed by atoms with E-state index in [4.69, 9.17) is 0 Å². The molecule has 0 aliphatic heterocycles. The highest BCUT2D eigenvalue weighted by Crippen LogP contribution is 2.37. The summed E-state index contributed by atoms with van der Waals surface area (Å²) in [5.41, 5.74) is -0.790. The van der Waals surface area contributed by atoms with Crippen LogP contribution in [0.1, 0.15) is 27.8 Å². The van der Waals surface area contributed by atoms with Gasteiger partial charge in [-0.05, 0) is 24.5 Å². The van der Waals surface area contributed by atoms with E-state index in [1.54, 1.807) is 6.92 Å². The Bertz CT molecular complexity index is 555. The molecular formula is C10H8F3N3OS. The van der Waals surface area contributed by atoms with Gasteiger partial charge in [-0.2, -0.15) is 13.2 Å². The Morgan fingerprint density at radius 2 is 2.11 bits per heavy atom. The molecule has 96 valence electrons. The van der Waals surface area contributed by atoms with Crippen LogP contribution in [0.15, 0.2) is 18.5 Å². The van der Waals surface area contributed by atoms with E-state index in [0.29, 0.717) is 5.69 Å². The zero-order chi connectivity index (χ0) is 13.3. The van der Waals surface area contributed by atoms with Crippen molar-refractivity contribution in [3.05, 3.63) is 40.2 Å². The van der Waals surface area contributed by atoms with E-state index in [9.17, 15) is 18.3 Å². The number of hydrogen-bond donors (Lipinski definition) is 1. The molecule has 4 nitrogen and oxygen atoms in total. The van der Waals surface area contributed by atoms with Crippen LogP contribution < -0.4 is 0 Å². The average molecular weight is 275 g/mol. The van der Waals surface area contributed by atoms with Gasteiger partial charge in [0, 0.05) is 18.0 Å². The smallest absolute Gasteiger partial charge is 0.383 e. The molecule has 2 heterocycles. The fourth-order valence-electron chi connectivity index (χ4n) is 1.51. The maximum atomic E-state index is 12.8. The third-order valence-electron chi connectivity index (χ3n) is 2.39. The lowest BCUT2D eigenvalue weighted by atomic mass is 10.0. The van der Waals surface area contributed by atoms with E-state index < -0.39 is 17.8 Å². The SMILES string of the molecule is Cc1nnsc1C(O)c1cnccc1C(F)(F)F. The zero-order valence-corrected chi connectivity index (χ0v) is 9.96. The zero-order valence-electron chi connectivity index (χ0n) is 9.14. The van der Waals surface area contributed by atoms with E-state index in [1.165, 1.54) is 0 Å². The maximum absolute atomic E-state index is 12.8. The van der Waals surface area contributed by atoms with Gasteiger partial charge in [0.1, 0.15) is 6.10 Å². The van der Waals surface area contributed by atoms with Gasteiger partial charge >= 0.3 is 6.18 Å². The molecule has 1 N–H and O–H groups in total. The number of aryl methyl sites for hydroxylation is 1. The van der Waals surface area contributed by atoms with Crippen molar-refractivity contribution in [2.75, 3.05) is 0 Å². The number of hydrogen-bond acceptors (Lipinski definition) is 5. The van der Waals surface area contributed by atoms with E-state index in [1.807, 2.05) is 0 Å². The number of alkyl halides is 3. The summed E-state index contributed by atoms with van der Waals surface area (Å²) in [7, 11) is 0. The summed E-state index contributed by atoms with van der Waals surface area (Å²) in [6.45, 7) is 1.58. The Morgan fingerprint density at radius 1 is 1.39 bits per heavy atom. The van der Waals surface area contributed by atoms with Crippen LogP contribution in [0.5, 0.6) is 0 Å². The van der Waals surface area contributed by atoms with Crippen LogP contribution >= 0.6 is 11.5 Å². The van der Waals surface area contributed by atoms with Crippen LogP contribution in [0, 0.1) is 6.92 Å². The molecule has 0 aromatic carbocycles. The van der Waals surface area contributed by atoms with Crippen LogP contribution in [-0.4, -0.2) is 19.7 Å². The van der Waals surface area contributed by atoms with E-state index >= 15 is 0 Å². The third-order valence-corrected chi connectivity index (χ3v) is 3.27. The number of aromatic nitrogens is 3. The minimum absolute atomic E-state index is 0.286. The third kappa shape index (κ3) is 2.34. The Balaban J connectivity index is 2.49. The Kier molecular flexibility index (Phi) is 3.31. The maximum Gasteiger partial charge on any atom is 0.416 e. The van der Waals surface area contributed by atoms with E-state index in [-0.39, 0.29) is 10.4 Å².